The van der Waals surface area contributed by atoms with Gasteiger partial charge in [-0.2, -0.15) is 0 Å². The molecule has 1 aromatic rings. The summed E-state index contributed by atoms with van der Waals surface area (Å²) in [6, 6.07) is 7.11. The van der Waals surface area contributed by atoms with Crippen LogP contribution in [0.2, 0.25) is 0 Å². The quantitative estimate of drug-likeness (QED) is 0.639. The predicted octanol–water partition coefficient (Wildman–Crippen LogP) is 2.24. The van der Waals surface area contributed by atoms with Crippen molar-refractivity contribution in [3.63, 3.8) is 0 Å². The molecule has 0 aliphatic heterocycles. The third-order valence-corrected chi connectivity index (χ3v) is 4.38. The zero-order valence-corrected chi connectivity index (χ0v) is 9.90. The SMILES string of the molecule is CNCC12CC(c3ccc([N+](=O)[O-])cc3)(C1)C2. The summed E-state index contributed by atoms with van der Waals surface area (Å²) in [5.41, 5.74) is 2.33. The summed E-state index contributed by atoms with van der Waals surface area (Å²) in [7, 11) is 2.00. The van der Waals surface area contributed by atoms with E-state index in [1.165, 1.54) is 24.8 Å². The number of nitro benzene ring substituents is 1. The summed E-state index contributed by atoms with van der Waals surface area (Å²) in [5.74, 6) is 0. The van der Waals surface area contributed by atoms with Gasteiger partial charge in [-0.25, -0.2) is 0 Å². The molecule has 3 saturated carbocycles. The molecule has 1 aromatic carbocycles. The lowest BCUT2D eigenvalue weighted by Gasteiger charge is -2.71. The number of hydrogen-bond acceptors (Lipinski definition) is 3. The molecule has 0 amide bonds. The molecular formula is C13H16N2O2. The summed E-state index contributed by atoms with van der Waals surface area (Å²) in [5, 5.41) is 13.8. The first-order valence-electron chi connectivity index (χ1n) is 5.99. The van der Waals surface area contributed by atoms with Crippen molar-refractivity contribution in [3.8, 4) is 0 Å². The van der Waals surface area contributed by atoms with E-state index in [1.54, 1.807) is 12.1 Å². The van der Waals surface area contributed by atoms with Crippen LogP contribution in [0.1, 0.15) is 24.8 Å². The fourth-order valence-corrected chi connectivity index (χ4v) is 3.80. The van der Waals surface area contributed by atoms with Gasteiger partial charge in [-0.05, 0) is 42.7 Å². The molecule has 0 atom stereocenters. The Balaban J connectivity index is 1.74. The van der Waals surface area contributed by atoms with Crippen LogP contribution in [-0.4, -0.2) is 18.5 Å². The molecule has 3 aliphatic rings. The second-order valence-electron chi connectivity index (χ2n) is 5.64. The monoisotopic (exact) mass is 232 g/mol. The Bertz CT molecular complexity index is 447. The van der Waals surface area contributed by atoms with Crippen LogP contribution in [0.5, 0.6) is 0 Å². The third kappa shape index (κ3) is 1.40. The van der Waals surface area contributed by atoms with Crippen LogP contribution in [0.4, 0.5) is 5.69 Å². The van der Waals surface area contributed by atoms with Gasteiger partial charge in [-0.15, -0.1) is 0 Å². The predicted molar refractivity (Wildman–Crippen MR) is 65.0 cm³/mol. The Hall–Kier alpha value is -1.42. The topological polar surface area (TPSA) is 55.2 Å². The van der Waals surface area contributed by atoms with Crippen molar-refractivity contribution >= 4 is 5.69 Å². The molecule has 2 bridgehead atoms. The van der Waals surface area contributed by atoms with Crippen molar-refractivity contribution in [1.82, 2.24) is 5.32 Å². The van der Waals surface area contributed by atoms with E-state index in [0.717, 1.165) is 6.54 Å². The van der Waals surface area contributed by atoms with E-state index in [4.69, 9.17) is 0 Å². The van der Waals surface area contributed by atoms with E-state index >= 15 is 0 Å². The Labute approximate surface area is 100 Å². The minimum Gasteiger partial charge on any atom is -0.319 e. The maximum atomic E-state index is 10.6. The molecule has 3 fully saturated rings. The molecule has 0 saturated heterocycles. The van der Waals surface area contributed by atoms with Crippen LogP contribution in [0, 0.1) is 15.5 Å². The van der Waals surface area contributed by atoms with Gasteiger partial charge in [0.15, 0.2) is 0 Å². The number of benzene rings is 1. The fraction of sp³-hybridized carbons (Fsp3) is 0.538. The largest absolute Gasteiger partial charge is 0.319 e. The zero-order valence-electron chi connectivity index (χ0n) is 9.90. The lowest BCUT2D eigenvalue weighted by molar-refractivity contribution is -0.384. The smallest absolute Gasteiger partial charge is 0.269 e. The van der Waals surface area contributed by atoms with E-state index in [-0.39, 0.29) is 10.6 Å². The van der Waals surface area contributed by atoms with Gasteiger partial charge in [-0.1, -0.05) is 12.1 Å². The first-order valence-corrected chi connectivity index (χ1v) is 5.99. The van der Waals surface area contributed by atoms with Gasteiger partial charge >= 0.3 is 0 Å². The number of non-ortho nitro benzene ring substituents is 1. The molecule has 90 valence electrons. The van der Waals surface area contributed by atoms with Gasteiger partial charge in [0.1, 0.15) is 0 Å². The zero-order chi connectivity index (χ0) is 12.1. The van der Waals surface area contributed by atoms with Crippen LogP contribution in [0.15, 0.2) is 24.3 Å². The van der Waals surface area contributed by atoms with Crippen LogP contribution >= 0.6 is 0 Å². The van der Waals surface area contributed by atoms with E-state index in [9.17, 15) is 10.1 Å². The number of nitro groups is 1. The molecule has 4 nitrogen and oxygen atoms in total. The molecule has 17 heavy (non-hydrogen) atoms. The minimum absolute atomic E-state index is 0.185. The van der Waals surface area contributed by atoms with Gasteiger partial charge in [0.25, 0.3) is 5.69 Å². The lowest BCUT2D eigenvalue weighted by Crippen LogP contribution is -2.67. The number of nitrogens with zero attached hydrogens (tertiary/aromatic N) is 1. The summed E-state index contributed by atoms with van der Waals surface area (Å²) in [6.45, 7) is 1.10. The van der Waals surface area contributed by atoms with Gasteiger partial charge in [0, 0.05) is 18.7 Å². The Morgan fingerprint density at radius 2 is 1.88 bits per heavy atom. The van der Waals surface area contributed by atoms with Gasteiger partial charge in [0.2, 0.25) is 0 Å². The van der Waals surface area contributed by atoms with Crippen molar-refractivity contribution in [1.29, 1.82) is 0 Å². The maximum Gasteiger partial charge on any atom is 0.269 e. The lowest BCUT2D eigenvalue weighted by atomic mass is 9.33. The molecule has 3 aliphatic carbocycles. The molecule has 4 rings (SSSR count). The van der Waals surface area contributed by atoms with Crippen LogP contribution in [-0.2, 0) is 5.41 Å². The average Bonchev–Trinajstić information content (AvgIpc) is 2.21. The standard InChI is InChI=1S/C13H16N2O2/c1-14-9-12-6-13(7-12,8-12)10-2-4-11(5-3-10)15(16)17/h2-5,14H,6-9H2,1H3. The van der Waals surface area contributed by atoms with E-state index in [2.05, 4.69) is 5.32 Å². The Morgan fingerprint density at radius 1 is 1.29 bits per heavy atom. The molecule has 0 spiro atoms. The second kappa shape index (κ2) is 3.29. The summed E-state index contributed by atoms with van der Waals surface area (Å²) in [6.07, 6.45) is 3.70. The molecule has 0 aromatic heterocycles. The highest BCUT2D eigenvalue weighted by molar-refractivity contribution is 5.43. The van der Waals surface area contributed by atoms with E-state index in [1.807, 2.05) is 19.2 Å². The van der Waals surface area contributed by atoms with E-state index < -0.39 is 0 Å². The first-order chi connectivity index (χ1) is 8.09. The van der Waals surface area contributed by atoms with Gasteiger partial charge < -0.3 is 5.32 Å². The normalized spacial score (nSPS) is 33.7. The molecular weight excluding hydrogens is 216 g/mol. The summed E-state index contributed by atoms with van der Waals surface area (Å²) < 4.78 is 0. The highest BCUT2D eigenvalue weighted by atomic mass is 16.6. The average molecular weight is 232 g/mol. The van der Waals surface area contributed by atoms with E-state index in [0.29, 0.717) is 10.8 Å². The number of nitrogens with one attached hydrogen (secondary N) is 1. The highest BCUT2D eigenvalue weighted by Crippen LogP contribution is 2.73. The minimum atomic E-state index is -0.339. The van der Waals surface area contributed by atoms with Crippen LogP contribution in [0.25, 0.3) is 0 Å². The van der Waals surface area contributed by atoms with Crippen molar-refractivity contribution in [3.05, 3.63) is 39.9 Å². The summed E-state index contributed by atoms with van der Waals surface area (Å²) in [4.78, 5) is 10.2. The van der Waals surface area contributed by atoms with Crippen molar-refractivity contribution < 1.29 is 4.92 Å². The molecule has 0 radical (unpaired) electrons. The third-order valence-electron chi connectivity index (χ3n) is 4.38. The number of hydrogen-bond donors (Lipinski definition) is 1. The van der Waals surface area contributed by atoms with Crippen molar-refractivity contribution in [2.45, 2.75) is 24.7 Å². The Morgan fingerprint density at radius 3 is 2.35 bits per heavy atom. The van der Waals surface area contributed by atoms with Gasteiger partial charge in [-0.3, -0.25) is 10.1 Å². The van der Waals surface area contributed by atoms with Crippen molar-refractivity contribution in [2.24, 2.45) is 5.41 Å². The molecule has 1 N–H and O–H groups in total. The fourth-order valence-electron chi connectivity index (χ4n) is 3.80. The summed E-state index contributed by atoms with van der Waals surface area (Å²) >= 11 is 0. The Kier molecular flexibility index (Phi) is 2.08. The molecule has 0 unspecified atom stereocenters. The molecule has 0 heterocycles. The van der Waals surface area contributed by atoms with Crippen molar-refractivity contribution in [2.75, 3.05) is 13.6 Å². The second-order valence-corrected chi connectivity index (χ2v) is 5.64. The van der Waals surface area contributed by atoms with Crippen LogP contribution < -0.4 is 5.32 Å². The van der Waals surface area contributed by atoms with Gasteiger partial charge in [0.05, 0.1) is 4.92 Å². The first kappa shape index (κ1) is 10.7. The van der Waals surface area contributed by atoms with Crippen LogP contribution in [0.3, 0.4) is 0 Å². The number of rotatable bonds is 4. The molecule has 4 heteroatoms. The maximum absolute atomic E-state index is 10.6. The highest BCUT2D eigenvalue weighted by Gasteiger charge is 2.67.